The van der Waals surface area contributed by atoms with Gasteiger partial charge in [0.25, 0.3) is 0 Å². The van der Waals surface area contributed by atoms with E-state index in [-0.39, 0.29) is 0 Å². The second-order valence-corrected chi connectivity index (χ2v) is 6.04. The van der Waals surface area contributed by atoms with E-state index in [1.165, 1.54) is 32.1 Å². The van der Waals surface area contributed by atoms with Crippen LogP contribution < -0.4 is 5.32 Å². The zero-order valence-corrected chi connectivity index (χ0v) is 11.0. The van der Waals surface area contributed by atoms with Crippen molar-refractivity contribution in [1.82, 2.24) is 5.32 Å². The van der Waals surface area contributed by atoms with Crippen LogP contribution in [0.5, 0.6) is 0 Å². The number of hydrogen-bond acceptors (Lipinski definition) is 2. The van der Waals surface area contributed by atoms with Crippen LogP contribution in [0, 0.1) is 17.8 Å². The molecule has 4 unspecified atom stereocenters. The van der Waals surface area contributed by atoms with E-state index < -0.39 is 0 Å². The molecule has 2 fully saturated rings. The fraction of sp³-hybridized carbons (Fsp3) is 1.00. The van der Waals surface area contributed by atoms with Crippen molar-refractivity contribution in [3.05, 3.63) is 0 Å². The molecule has 0 aromatic carbocycles. The van der Waals surface area contributed by atoms with Crippen molar-refractivity contribution in [2.45, 2.75) is 58.1 Å². The van der Waals surface area contributed by atoms with Crippen molar-refractivity contribution in [2.75, 3.05) is 13.7 Å². The highest BCUT2D eigenvalue weighted by atomic mass is 16.5. The smallest absolute Gasteiger partial charge is 0.0623 e. The van der Waals surface area contributed by atoms with Gasteiger partial charge in [-0.3, -0.25) is 0 Å². The minimum absolute atomic E-state index is 0.357. The molecule has 2 saturated carbocycles. The number of fused-ring (bicyclic) bond motifs is 2. The molecule has 0 aliphatic heterocycles. The van der Waals surface area contributed by atoms with E-state index in [9.17, 15) is 0 Å². The Hall–Kier alpha value is -0.0800. The third kappa shape index (κ3) is 2.98. The maximum Gasteiger partial charge on any atom is 0.0623 e. The first kappa shape index (κ1) is 12.4. The molecule has 94 valence electrons. The lowest BCUT2D eigenvalue weighted by molar-refractivity contribution is 0.0552. The highest BCUT2D eigenvalue weighted by Gasteiger charge is 2.39. The normalized spacial score (nSPS) is 34.9. The molecule has 0 saturated heterocycles. The first-order valence-corrected chi connectivity index (χ1v) is 6.98. The van der Waals surface area contributed by atoms with Gasteiger partial charge in [-0.1, -0.05) is 6.42 Å². The Morgan fingerprint density at radius 3 is 2.56 bits per heavy atom. The highest BCUT2D eigenvalue weighted by molar-refractivity contribution is 4.91. The van der Waals surface area contributed by atoms with Crippen LogP contribution in [0.3, 0.4) is 0 Å². The Kier molecular flexibility index (Phi) is 4.26. The third-order valence-corrected chi connectivity index (χ3v) is 4.51. The maximum absolute atomic E-state index is 5.72. The molecule has 4 atom stereocenters. The van der Waals surface area contributed by atoms with Crippen LogP contribution in [-0.2, 0) is 4.74 Å². The molecule has 0 spiro atoms. The molecule has 0 radical (unpaired) electrons. The Morgan fingerprint density at radius 2 is 2.06 bits per heavy atom. The number of hydrogen-bond donors (Lipinski definition) is 1. The van der Waals surface area contributed by atoms with Gasteiger partial charge in [0.15, 0.2) is 0 Å². The van der Waals surface area contributed by atoms with Gasteiger partial charge in [0.05, 0.1) is 12.7 Å². The van der Waals surface area contributed by atoms with Crippen LogP contribution in [0.2, 0.25) is 0 Å². The van der Waals surface area contributed by atoms with Crippen molar-refractivity contribution in [3.8, 4) is 0 Å². The SMILES string of the molecule is CNC(COC(C)C)CC1CC2CCC1C2. The number of likely N-dealkylation sites (N-methyl/N-ethyl adjacent to an activating group) is 1. The number of nitrogens with one attached hydrogen (secondary N) is 1. The molecule has 0 heterocycles. The first-order chi connectivity index (χ1) is 7.69. The standard InChI is InChI=1S/C14H27NO/c1-10(2)16-9-14(15-3)8-13-7-11-4-5-12(13)6-11/h10-15H,4-9H2,1-3H3. The van der Waals surface area contributed by atoms with E-state index in [4.69, 9.17) is 4.74 Å². The summed E-state index contributed by atoms with van der Waals surface area (Å²) in [6.07, 6.45) is 7.70. The maximum atomic E-state index is 5.72. The predicted octanol–water partition coefficient (Wildman–Crippen LogP) is 2.83. The molecule has 2 heteroatoms. The summed E-state index contributed by atoms with van der Waals surface area (Å²) < 4.78 is 5.72. The molecule has 1 N–H and O–H groups in total. The fourth-order valence-electron chi connectivity index (χ4n) is 3.61. The summed E-state index contributed by atoms with van der Waals surface area (Å²) in [6.45, 7) is 5.11. The summed E-state index contributed by atoms with van der Waals surface area (Å²) >= 11 is 0. The second kappa shape index (κ2) is 5.50. The van der Waals surface area contributed by atoms with Crippen molar-refractivity contribution < 1.29 is 4.74 Å². The van der Waals surface area contributed by atoms with E-state index in [2.05, 4.69) is 26.2 Å². The summed E-state index contributed by atoms with van der Waals surface area (Å²) in [5, 5.41) is 3.42. The average Bonchev–Trinajstić information content (AvgIpc) is 2.85. The highest BCUT2D eigenvalue weighted by Crippen LogP contribution is 2.49. The summed E-state index contributed by atoms with van der Waals surface area (Å²) in [5.41, 5.74) is 0. The van der Waals surface area contributed by atoms with E-state index in [0.29, 0.717) is 12.1 Å². The van der Waals surface area contributed by atoms with Crippen molar-refractivity contribution in [2.24, 2.45) is 17.8 Å². The summed E-state index contributed by atoms with van der Waals surface area (Å²) in [6, 6.07) is 0.562. The fourth-order valence-corrected chi connectivity index (χ4v) is 3.61. The molecule has 2 nitrogen and oxygen atoms in total. The van der Waals surface area contributed by atoms with Crippen LogP contribution in [-0.4, -0.2) is 25.8 Å². The van der Waals surface area contributed by atoms with E-state index >= 15 is 0 Å². The Morgan fingerprint density at radius 1 is 1.25 bits per heavy atom. The molecule has 16 heavy (non-hydrogen) atoms. The second-order valence-electron chi connectivity index (χ2n) is 6.04. The van der Waals surface area contributed by atoms with Gasteiger partial charge >= 0.3 is 0 Å². The molecule has 0 amide bonds. The van der Waals surface area contributed by atoms with Crippen LogP contribution in [0.1, 0.15) is 46.0 Å². The molecule has 2 aliphatic rings. The lowest BCUT2D eigenvalue weighted by Crippen LogP contribution is -2.34. The Labute approximate surface area is 100 Å². The van der Waals surface area contributed by atoms with Gasteiger partial charge < -0.3 is 10.1 Å². The van der Waals surface area contributed by atoms with E-state index in [1.54, 1.807) is 0 Å². The third-order valence-electron chi connectivity index (χ3n) is 4.51. The van der Waals surface area contributed by atoms with Crippen molar-refractivity contribution >= 4 is 0 Å². The van der Waals surface area contributed by atoms with Crippen LogP contribution in [0.15, 0.2) is 0 Å². The summed E-state index contributed by atoms with van der Waals surface area (Å²) in [7, 11) is 2.07. The molecular weight excluding hydrogens is 198 g/mol. The van der Waals surface area contributed by atoms with Gasteiger partial charge in [-0.25, -0.2) is 0 Å². The van der Waals surface area contributed by atoms with Gasteiger partial charge in [-0.15, -0.1) is 0 Å². The van der Waals surface area contributed by atoms with E-state index in [0.717, 1.165) is 24.4 Å². The van der Waals surface area contributed by atoms with Crippen LogP contribution in [0.4, 0.5) is 0 Å². The first-order valence-electron chi connectivity index (χ1n) is 6.98. The van der Waals surface area contributed by atoms with Crippen LogP contribution >= 0.6 is 0 Å². The van der Waals surface area contributed by atoms with Crippen LogP contribution in [0.25, 0.3) is 0 Å². The minimum atomic E-state index is 0.357. The predicted molar refractivity (Wildman–Crippen MR) is 67.5 cm³/mol. The van der Waals surface area contributed by atoms with Gasteiger partial charge in [0, 0.05) is 6.04 Å². The molecule has 2 aliphatic carbocycles. The van der Waals surface area contributed by atoms with E-state index in [1.807, 2.05) is 0 Å². The zero-order valence-electron chi connectivity index (χ0n) is 11.0. The Balaban J connectivity index is 1.74. The topological polar surface area (TPSA) is 21.3 Å². The van der Waals surface area contributed by atoms with Crippen molar-refractivity contribution in [3.63, 3.8) is 0 Å². The van der Waals surface area contributed by atoms with Gasteiger partial charge in [-0.2, -0.15) is 0 Å². The molecular formula is C14H27NO. The quantitative estimate of drug-likeness (QED) is 0.750. The van der Waals surface area contributed by atoms with Gasteiger partial charge in [0.1, 0.15) is 0 Å². The number of ether oxygens (including phenoxy) is 1. The lowest BCUT2D eigenvalue weighted by Gasteiger charge is -2.27. The van der Waals surface area contributed by atoms with Gasteiger partial charge in [0.2, 0.25) is 0 Å². The monoisotopic (exact) mass is 225 g/mol. The summed E-state index contributed by atoms with van der Waals surface area (Å²) in [4.78, 5) is 0. The van der Waals surface area contributed by atoms with Gasteiger partial charge in [-0.05, 0) is 64.3 Å². The Bertz CT molecular complexity index is 217. The van der Waals surface area contributed by atoms with Crippen molar-refractivity contribution in [1.29, 1.82) is 0 Å². The molecule has 2 rings (SSSR count). The lowest BCUT2D eigenvalue weighted by atomic mass is 9.84. The molecule has 0 aromatic heterocycles. The zero-order chi connectivity index (χ0) is 11.5. The average molecular weight is 225 g/mol. The molecule has 0 aromatic rings. The largest absolute Gasteiger partial charge is 0.377 e. The summed E-state index contributed by atoms with van der Waals surface area (Å²) in [5.74, 6) is 3.09. The number of rotatable bonds is 6. The minimum Gasteiger partial charge on any atom is -0.377 e. The molecule has 2 bridgehead atoms.